The minimum atomic E-state index is -4.89. The number of fused-ring (bicyclic) bond motifs is 2. The van der Waals surface area contributed by atoms with E-state index in [9.17, 15) is 18.0 Å². The van der Waals surface area contributed by atoms with Gasteiger partial charge in [0.15, 0.2) is 34.5 Å². The van der Waals surface area contributed by atoms with E-state index in [1.54, 1.807) is 14.2 Å². The normalized spacial score (nSPS) is 17.8. The predicted molar refractivity (Wildman–Crippen MR) is 209 cm³/mol. The molecule has 4 aliphatic rings. The van der Waals surface area contributed by atoms with E-state index < -0.39 is 18.1 Å². The van der Waals surface area contributed by atoms with E-state index in [0.29, 0.717) is 54.6 Å². The summed E-state index contributed by atoms with van der Waals surface area (Å²) in [5.41, 5.74) is 6.02. The van der Waals surface area contributed by atoms with E-state index in [1.165, 1.54) is 19.2 Å². The summed E-state index contributed by atoms with van der Waals surface area (Å²) in [6, 6.07) is 24.1. The molecule has 0 N–H and O–H groups in total. The lowest BCUT2D eigenvalue weighted by atomic mass is 9.87. The van der Waals surface area contributed by atoms with Gasteiger partial charge >= 0.3 is 12.3 Å². The van der Waals surface area contributed by atoms with E-state index in [4.69, 9.17) is 28.4 Å². The van der Waals surface area contributed by atoms with Gasteiger partial charge in [-0.15, -0.1) is 13.2 Å². The number of nitrogens with zero attached hydrogens (tertiary/aromatic N) is 2. The van der Waals surface area contributed by atoms with Crippen molar-refractivity contribution < 1.29 is 51.1 Å². The maximum atomic E-state index is 13.9. The number of hydrogen-bond acceptors (Lipinski definition) is 10. The van der Waals surface area contributed by atoms with Crippen LogP contribution in [0.25, 0.3) is 0 Å². The SMILES string of the molecule is COc1ccc2cc1Oc1ccc(cc1)C[C@H]1c3cc(c(OC)cc3CCN1C)Oc1c(OC(=O)c3ccc(OC(F)(F)F)cc3)c(OC)cc3c1[C@H](C2)N(C)CC3. The maximum absolute atomic E-state index is 13.9. The molecule has 4 heterocycles. The molecule has 0 radical (unpaired) electrons. The summed E-state index contributed by atoms with van der Waals surface area (Å²) in [7, 11) is 8.82. The molecule has 10 nitrogen and oxygen atoms in total. The van der Waals surface area contributed by atoms with Gasteiger partial charge in [-0.05, 0) is 134 Å². The van der Waals surface area contributed by atoms with Crippen LogP contribution in [0.2, 0.25) is 0 Å². The second-order valence-corrected chi connectivity index (χ2v) is 14.7. The zero-order valence-corrected chi connectivity index (χ0v) is 32.8. The zero-order valence-electron chi connectivity index (χ0n) is 32.8. The number of carbonyl (C=O) groups is 1. The van der Waals surface area contributed by atoms with Crippen molar-refractivity contribution in [3.63, 3.8) is 0 Å². The third-order valence-corrected chi connectivity index (χ3v) is 11.2. The molecule has 5 aromatic rings. The van der Waals surface area contributed by atoms with Crippen LogP contribution in [0.4, 0.5) is 13.2 Å². The van der Waals surface area contributed by atoms with Gasteiger partial charge in [-0.3, -0.25) is 9.80 Å². The first-order valence-electron chi connectivity index (χ1n) is 19.0. The van der Waals surface area contributed by atoms with E-state index in [2.05, 4.69) is 33.7 Å². The smallest absolute Gasteiger partial charge is 0.493 e. The Morgan fingerprint density at radius 3 is 2.00 bits per heavy atom. The Hall–Kier alpha value is -5.92. The van der Waals surface area contributed by atoms with E-state index in [0.717, 1.165) is 58.5 Å². The lowest BCUT2D eigenvalue weighted by molar-refractivity contribution is -0.274. The Balaban J connectivity index is 1.32. The Bertz CT molecular complexity index is 2330. The van der Waals surface area contributed by atoms with Crippen molar-refractivity contribution in [2.24, 2.45) is 0 Å². The number of benzene rings is 5. The molecule has 0 saturated carbocycles. The Labute approximate surface area is 334 Å². The van der Waals surface area contributed by atoms with Gasteiger partial charge in [-0.1, -0.05) is 18.2 Å². The highest BCUT2D eigenvalue weighted by molar-refractivity contribution is 5.92. The molecule has 58 heavy (non-hydrogen) atoms. The van der Waals surface area contributed by atoms with E-state index in [1.807, 2.05) is 55.6 Å². The van der Waals surface area contributed by atoms with Gasteiger partial charge in [0.25, 0.3) is 0 Å². The fourth-order valence-corrected chi connectivity index (χ4v) is 8.12. The molecule has 0 aliphatic carbocycles. The highest BCUT2D eigenvalue weighted by Crippen LogP contribution is 2.52. The van der Waals surface area contributed by atoms with E-state index >= 15 is 0 Å². The summed E-state index contributed by atoms with van der Waals surface area (Å²) in [5.74, 6) is 1.99. The third-order valence-electron chi connectivity index (χ3n) is 11.2. The molecule has 0 unspecified atom stereocenters. The van der Waals surface area contributed by atoms with Crippen molar-refractivity contribution in [3.05, 3.63) is 124 Å². The first-order chi connectivity index (χ1) is 27.9. The van der Waals surface area contributed by atoms with Crippen molar-refractivity contribution in [1.82, 2.24) is 9.80 Å². The number of rotatable bonds is 6. The maximum Gasteiger partial charge on any atom is 0.573 e. The highest BCUT2D eigenvalue weighted by atomic mass is 19.4. The largest absolute Gasteiger partial charge is 0.573 e. The number of hydrogen-bond donors (Lipinski definition) is 0. The summed E-state index contributed by atoms with van der Waals surface area (Å²) < 4.78 is 80.0. The number of ether oxygens (including phenoxy) is 7. The van der Waals surface area contributed by atoms with Crippen LogP contribution in [0.3, 0.4) is 0 Å². The standard InChI is InChI=1S/C45H43F3N2O8/c1-49-18-16-29-23-37(53-4)39-25-33(29)34(49)20-26-6-11-31(12-7-26)55-38-22-27(8-15-36(38)52-3)21-35-41-30(17-19-50(35)2)24-40(54-5)42(43(41)56-39)57-44(51)28-9-13-32(14-10-28)58-45(46,47)48/h6-15,22-25,34-35H,16-21H2,1-5H3/t34-,35-/m0/s1. The van der Waals surface area contributed by atoms with Crippen molar-refractivity contribution >= 4 is 5.97 Å². The predicted octanol–water partition coefficient (Wildman–Crippen LogP) is 9.27. The van der Waals surface area contributed by atoms with Crippen LogP contribution in [-0.4, -0.2) is 70.6 Å². The van der Waals surface area contributed by atoms with Gasteiger partial charge < -0.3 is 33.2 Å². The highest BCUT2D eigenvalue weighted by Gasteiger charge is 2.36. The van der Waals surface area contributed by atoms with E-state index in [-0.39, 0.29) is 34.9 Å². The van der Waals surface area contributed by atoms with Gasteiger partial charge in [0.2, 0.25) is 5.75 Å². The topological polar surface area (TPSA) is 88.2 Å². The van der Waals surface area contributed by atoms with Gasteiger partial charge in [-0.2, -0.15) is 0 Å². The monoisotopic (exact) mass is 796 g/mol. The molecule has 0 spiro atoms. The molecule has 0 fully saturated rings. The summed E-state index contributed by atoms with van der Waals surface area (Å²) in [5, 5.41) is 0. The fraction of sp³-hybridized carbons (Fsp3) is 0.311. The molecule has 4 aliphatic heterocycles. The van der Waals surface area contributed by atoms with Crippen molar-refractivity contribution in [2.45, 2.75) is 44.1 Å². The number of likely N-dealkylation sites (N-methyl/N-ethyl adjacent to an activating group) is 2. The minimum absolute atomic E-state index is 0.000801. The quantitative estimate of drug-likeness (QED) is 0.122. The molecule has 302 valence electrons. The van der Waals surface area contributed by atoms with Gasteiger partial charge in [0, 0.05) is 30.7 Å². The van der Waals surface area contributed by atoms with Gasteiger partial charge in [-0.25, -0.2) is 4.79 Å². The van der Waals surface area contributed by atoms with Crippen molar-refractivity contribution in [2.75, 3.05) is 48.5 Å². The summed E-state index contributed by atoms with van der Waals surface area (Å²) >= 11 is 0. The number of carbonyl (C=O) groups excluding carboxylic acids is 1. The van der Waals surface area contributed by atoms with Crippen LogP contribution < -0.4 is 33.2 Å². The molecule has 0 amide bonds. The number of methoxy groups -OCH3 is 3. The van der Waals surface area contributed by atoms with Crippen LogP contribution in [0.5, 0.6) is 51.7 Å². The molecule has 0 saturated heterocycles. The first-order valence-corrected chi connectivity index (χ1v) is 19.0. The second-order valence-electron chi connectivity index (χ2n) is 14.7. The fourth-order valence-electron chi connectivity index (χ4n) is 8.12. The van der Waals surface area contributed by atoms with Crippen LogP contribution in [0.15, 0.2) is 84.9 Å². The lowest BCUT2D eigenvalue weighted by Crippen LogP contribution is -2.34. The summed E-state index contributed by atoms with van der Waals surface area (Å²) in [4.78, 5) is 18.5. The first kappa shape index (κ1) is 38.9. The van der Waals surface area contributed by atoms with Crippen molar-refractivity contribution in [1.29, 1.82) is 0 Å². The molecule has 2 atom stereocenters. The number of esters is 1. The Morgan fingerprint density at radius 1 is 0.690 bits per heavy atom. The van der Waals surface area contributed by atoms with Gasteiger partial charge in [0.05, 0.1) is 26.9 Å². The second kappa shape index (κ2) is 15.8. The Morgan fingerprint density at radius 2 is 1.31 bits per heavy atom. The zero-order chi connectivity index (χ0) is 40.7. The molecule has 13 heteroatoms. The van der Waals surface area contributed by atoms with Crippen LogP contribution >= 0.6 is 0 Å². The average Bonchev–Trinajstić information content (AvgIpc) is 3.20. The van der Waals surface area contributed by atoms with Crippen LogP contribution in [0, 0.1) is 0 Å². The lowest BCUT2D eigenvalue weighted by Gasteiger charge is -2.37. The molecule has 0 aromatic heterocycles. The summed E-state index contributed by atoms with van der Waals surface area (Å²) in [6.07, 6.45) is -2.21. The molecule has 5 aromatic carbocycles. The summed E-state index contributed by atoms with van der Waals surface area (Å²) in [6.45, 7) is 1.56. The minimum Gasteiger partial charge on any atom is -0.493 e. The number of alkyl halides is 3. The molecular formula is C45H43F3N2O8. The molecule has 9 rings (SSSR count). The van der Waals surface area contributed by atoms with Crippen LogP contribution in [-0.2, 0) is 25.7 Å². The molecule has 6 bridgehead atoms. The van der Waals surface area contributed by atoms with Crippen molar-refractivity contribution in [3.8, 4) is 51.7 Å². The number of halogens is 3. The average molecular weight is 797 g/mol. The Kier molecular flexibility index (Phi) is 10.6. The third kappa shape index (κ3) is 7.84. The van der Waals surface area contributed by atoms with Gasteiger partial charge in [0.1, 0.15) is 11.5 Å². The van der Waals surface area contributed by atoms with Crippen LogP contribution in [0.1, 0.15) is 55.8 Å². The molecular weight excluding hydrogens is 753 g/mol.